The van der Waals surface area contributed by atoms with Gasteiger partial charge in [0.1, 0.15) is 0 Å². The van der Waals surface area contributed by atoms with E-state index < -0.39 is 53.1 Å². The normalized spacial score (nSPS) is 14.6. The second-order valence-corrected chi connectivity index (χ2v) is 7.00. The SMILES string of the molecule is FC(F)(Nc1ccccc1)C(F)(F)C(F)(F)C(F)(F)C(F)(F)C(F)(F)C(F)(F)Nc1ccccc1. The molecule has 0 unspecified atom stereocenters. The van der Waals surface area contributed by atoms with Crippen LogP contribution >= 0.6 is 0 Å². The molecule has 0 heterocycles. The molecule has 0 aromatic heterocycles. The van der Waals surface area contributed by atoms with Crippen LogP contribution in [0.2, 0.25) is 0 Å². The number of hydrogen-bond acceptors (Lipinski definition) is 2. The van der Waals surface area contributed by atoms with Crippen molar-refractivity contribution in [3.8, 4) is 0 Å². The van der Waals surface area contributed by atoms with Crippen LogP contribution in [0.3, 0.4) is 0 Å². The van der Waals surface area contributed by atoms with Crippen molar-refractivity contribution in [2.45, 2.75) is 41.7 Å². The molecule has 2 nitrogen and oxygen atoms in total. The van der Waals surface area contributed by atoms with Crippen LogP contribution in [-0.4, -0.2) is 41.7 Å². The lowest BCUT2D eigenvalue weighted by Crippen LogP contribution is -2.74. The molecular formula is C19H12F14N2. The highest BCUT2D eigenvalue weighted by molar-refractivity contribution is 5.45. The van der Waals surface area contributed by atoms with Gasteiger partial charge in [0, 0.05) is 11.4 Å². The van der Waals surface area contributed by atoms with Gasteiger partial charge in [-0.2, -0.15) is 61.5 Å². The monoisotopic (exact) mass is 534 g/mol. The maximum absolute atomic E-state index is 13.9. The summed E-state index contributed by atoms with van der Waals surface area (Å²) < 4.78 is 195. The summed E-state index contributed by atoms with van der Waals surface area (Å²) in [6.07, 6.45) is 0. The van der Waals surface area contributed by atoms with Crippen molar-refractivity contribution in [1.82, 2.24) is 0 Å². The third-order valence-corrected chi connectivity index (χ3v) is 4.52. The molecule has 0 atom stereocenters. The third-order valence-electron chi connectivity index (χ3n) is 4.52. The zero-order chi connectivity index (χ0) is 27.1. The lowest BCUT2D eigenvalue weighted by Gasteiger charge is -2.42. The van der Waals surface area contributed by atoms with Crippen LogP contribution in [0.5, 0.6) is 0 Å². The number of benzene rings is 2. The van der Waals surface area contributed by atoms with Gasteiger partial charge in [0.15, 0.2) is 0 Å². The minimum atomic E-state index is -8.14. The van der Waals surface area contributed by atoms with Crippen molar-refractivity contribution in [2.24, 2.45) is 0 Å². The van der Waals surface area contributed by atoms with E-state index >= 15 is 0 Å². The van der Waals surface area contributed by atoms with Gasteiger partial charge in [0.25, 0.3) is 0 Å². The van der Waals surface area contributed by atoms with Gasteiger partial charge in [-0.05, 0) is 24.3 Å². The van der Waals surface area contributed by atoms with Crippen LogP contribution in [0.4, 0.5) is 72.8 Å². The van der Waals surface area contributed by atoms with Crippen LogP contribution in [0, 0.1) is 0 Å². The summed E-state index contributed by atoms with van der Waals surface area (Å²) in [6.45, 7) is 0. The molecule has 196 valence electrons. The lowest BCUT2D eigenvalue weighted by atomic mass is 9.92. The fraction of sp³-hybridized carbons (Fsp3) is 0.368. The molecule has 0 aliphatic rings. The smallest absolute Gasteiger partial charge is 0.322 e. The van der Waals surface area contributed by atoms with E-state index in [2.05, 4.69) is 0 Å². The van der Waals surface area contributed by atoms with Gasteiger partial charge in [-0.15, -0.1) is 0 Å². The maximum Gasteiger partial charge on any atom is 0.398 e. The van der Waals surface area contributed by atoms with Crippen molar-refractivity contribution in [2.75, 3.05) is 10.6 Å². The topological polar surface area (TPSA) is 24.1 Å². The molecule has 0 amide bonds. The van der Waals surface area contributed by atoms with Crippen molar-refractivity contribution in [1.29, 1.82) is 0 Å². The highest BCUT2D eigenvalue weighted by atomic mass is 19.4. The zero-order valence-corrected chi connectivity index (χ0v) is 16.6. The van der Waals surface area contributed by atoms with E-state index in [9.17, 15) is 61.5 Å². The molecule has 0 saturated carbocycles. The Morgan fingerprint density at radius 2 is 0.571 bits per heavy atom. The van der Waals surface area contributed by atoms with Gasteiger partial charge in [-0.1, -0.05) is 36.4 Å². The van der Waals surface area contributed by atoms with Gasteiger partial charge in [0.05, 0.1) is 0 Å². The van der Waals surface area contributed by atoms with E-state index in [0.29, 0.717) is 34.9 Å². The molecule has 2 aromatic carbocycles. The van der Waals surface area contributed by atoms with E-state index in [0.717, 1.165) is 36.4 Å². The summed E-state index contributed by atoms with van der Waals surface area (Å²) in [6, 6.07) is -4.91. The molecule has 0 spiro atoms. The molecule has 0 saturated heterocycles. The number of halogens is 14. The number of nitrogens with one attached hydrogen (secondary N) is 2. The average molecular weight is 534 g/mol. The van der Waals surface area contributed by atoms with E-state index in [1.54, 1.807) is 0 Å². The molecule has 2 rings (SSSR count). The summed E-state index contributed by atoms with van der Waals surface area (Å²) in [5, 5.41) is 0.801. The third kappa shape index (κ3) is 4.42. The van der Waals surface area contributed by atoms with Crippen LogP contribution in [-0.2, 0) is 0 Å². The molecule has 16 heteroatoms. The van der Waals surface area contributed by atoms with Gasteiger partial charge in [-0.25, -0.2) is 0 Å². The highest BCUT2D eigenvalue weighted by Gasteiger charge is 2.93. The van der Waals surface area contributed by atoms with E-state index in [1.165, 1.54) is 0 Å². The standard InChI is InChI=1S/C19H12F14N2/c20-13(21,14(22,23)16(26,27)18(30,31)34-11-7-3-1-4-8-11)15(24,25)17(28,29)19(32,33)35-12-9-5-2-6-10-12/h1-10,34-35H. The summed E-state index contributed by atoms with van der Waals surface area (Å²) in [5.74, 6) is -39.2. The highest BCUT2D eigenvalue weighted by Crippen LogP contribution is 2.62. The first-order chi connectivity index (χ1) is 15.7. The van der Waals surface area contributed by atoms with E-state index in [1.807, 2.05) is 0 Å². The molecule has 0 bridgehead atoms. The number of para-hydroxylation sites is 2. The maximum atomic E-state index is 13.9. The first-order valence-corrected chi connectivity index (χ1v) is 8.97. The van der Waals surface area contributed by atoms with Crippen LogP contribution in [0.1, 0.15) is 0 Å². The first-order valence-electron chi connectivity index (χ1n) is 8.97. The van der Waals surface area contributed by atoms with E-state index in [4.69, 9.17) is 0 Å². The van der Waals surface area contributed by atoms with Crippen LogP contribution < -0.4 is 10.6 Å². The summed E-state index contributed by atoms with van der Waals surface area (Å²) in [5.41, 5.74) is -2.18. The average Bonchev–Trinajstić information content (AvgIpc) is 2.73. The molecule has 0 fully saturated rings. The van der Waals surface area contributed by atoms with Crippen molar-refractivity contribution in [3.05, 3.63) is 60.7 Å². The fourth-order valence-corrected chi connectivity index (χ4v) is 2.55. The Labute approximate surface area is 186 Å². The number of hydrogen-bond donors (Lipinski definition) is 2. The second kappa shape index (κ2) is 8.62. The molecule has 2 N–H and O–H groups in total. The molecule has 0 aliphatic heterocycles. The quantitative estimate of drug-likeness (QED) is 0.243. The second-order valence-electron chi connectivity index (χ2n) is 7.00. The Bertz CT molecular complexity index is 914. The number of alkyl halides is 14. The Morgan fingerprint density at radius 3 is 0.829 bits per heavy atom. The largest absolute Gasteiger partial charge is 0.398 e. The van der Waals surface area contributed by atoms with Crippen LogP contribution in [0.25, 0.3) is 0 Å². The van der Waals surface area contributed by atoms with Gasteiger partial charge >= 0.3 is 41.7 Å². The van der Waals surface area contributed by atoms with E-state index in [-0.39, 0.29) is 0 Å². The van der Waals surface area contributed by atoms with Gasteiger partial charge in [0.2, 0.25) is 0 Å². The molecule has 0 aliphatic carbocycles. The lowest BCUT2D eigenvalue weighted by molar-refractivity contribution is -0.437. The summed E-state index contributed by atoms with van der Waals surface area (Å²) in [7, 11) is 0. The Balaban J connectivity index is 2.49. The van der Waals surface area contributed by atoms with Crippen LogP contribution in [0.15, 0.2) is 60.7 Å². The summed E-state index contributed by atoms with van der Waals surface area (Å²) in [4.78, 5) is 0. The zero-order valence-electron chi connectivity index (χ0n) is 16.6. The molecular weight excluding hydrogens is 522 g/mol. The predicted octanol–water partition coefficient (Wildman–Crippen LogP) is 7.57. The molecule has 2 aromatic rings. The fourth-order valence-electron chi connectivity index (χ4n) is 2.55. The molecule has 35 heavy (non-hydrogen) atoms. The Kier molecular flexibility index (Phi) is 6.97. The first kappa shape index (κ1) is 28.3. The van der Waals surface area contributed by atoms with Crippen molar-refractivity contribution in [3.63, 3.8) is 0 Å². The summed E-state index contributed by atoms with van der Waals surface area (Å²) >= 11 is 0. The minimum absolute atomic E-state index is 0.400. The number of rotatable bonds is 10. The Hall–Kier alpha value is -2.94. The van der Waals surface area contributed by atoms with Crippen molar-refractivity contribution < 1.29 is 61.5 Å². The van der Waals surface area contributed by atoms with Crippen molar-refractivity contribution >= 4 is 11.4 Å². The Morgan fingerprint density at radius 1 is 0.343 bits per heavy atom. The minimum Gasteiger partial charge on any atom is -0.322 e. The van der Waals surface area contributed by atoms with Gasteiger partial charge < -0.3 is 10.6 Å². The number of anilines is 2. The predicted molar refractivity (Wildman–Crippen MR) is 94.8 cm³/mol. The van der Waals surface area contributed by atoms with Gasteiger partial charge in [-0.3, -0.25) is 0 Å². The molecule has 0 radical (unpaired) electrons.